The number of imidazole rings is 1. The molecule has 0 aromatic carbocycles. The molecular weight excluding hydrogens is 448 g/mol. The van der Waals surface area contributed by atoms with Gasteiger partial charge in [0.1, 0.15) is 5.03 Å². The van der Waals surface area contributed by atoms with Crippen molar-refractivity contribution in [3.05, 3.63) is 72.6 Å². The fraction of sp³-hybridized carbons (Fsp3) is 0.167. The molecule has 9 nitrogen and oxygen atoms in total. The summed E-state index contributed by atoms with van der Waals surface area (Å²) in [6.07, 6.45) is 11.0. The third-order valence-electron chi connectivity index (χ3n) is 5.30. The molecule has 0 radical (unpaired) electrons. The Bertz CT molecular complexity index is 1530. The molecule has 34 heavy (non-hydrogen) atoms. The molecule has 4 aromatic heterocycles. The molecule has 0 saturated heterocycles. The van der Waals surface area contributed by atoms with E-state index in [0.717, 1.165) is 34.7 Å². The van der Waals surface area contributed by atoms with Crippen LogP contribution in [0.25, 0.3) is 16.9 Å². The van der Waals surface area contributed by atoms with Gasteiger partial charge in [0.25, 0.3) is 0 Å². The van der Waals surface area contributed by atoms with Crippen LogP contribution in [-0.2, 0) is 4.79 Å². The Kier molecular flexibility index (Phi) is 5.69. The van der Waals surface area contributed by atoms with Crippen molar-refractivity contribution in [2.45, 2.75) is 29.9 Å². The van der Waals surface area contributed by atoms with Crippen molar-refractivity contribution >= 4 is 40.4 Å². The summed E-state index contributed by atoms with van der Waals surface area (Å²) in [5.74, 6) is 0.624. The Labute approximate surface area is 199 Å². The van der Waals surface area contributed by atoms with Crippen LogP contribution in [0.1, 0.15) is 25.3 Å². The molecule has 10 heteroatoms. The molecule has 1 N–H and O–H groups in total. The highest BCUT2D eigenvalue weighted by Crippen LogP contribution is 2.30. The second-order valence-electron chi connectivity index (χ2n) is 7.94. The zero-order valence-corrected chi connectivity index (χ0v) is 19.2. The largest absolute Gasteiger partial charge is 0.309 e. The van der Waals surface area contributed by atoms with E-state index in [1.165, 1.54) is 11.8 Å². The molecule has 168 valence electrons. The van der Waals surface area contributed by atoms with Crippen molar-refractivity contribution in [2.75, 3.05) is 5.32 Å². The van der Waals surface area contributed by atoms with Crippen LogP contribution in [0.4, 0.5) is 5.82 Å². The zero-order chi connectivity index (χ0) is 23.7. The molecular formula is C24H20N8OS. The molecule has 1 saturated carbocycles. The van der Waals surface area contributed by atoms with Crippen LogP contribution in [0.3, 0.4) is 0 Å². The lowest BCUT2D eigenvalue weighted by molar-refractivity contribution is -0.117. The number of carbonyl (C=O) groups is 1. The number of aromatic nitrogens is 6. The van der Waals surface area contributed by atoms with E-state index in [2.05, 4.69) is 32.2 Å². The molecule has 1 amide bonds. The lowest BCUT2D eigenvalue weighted by atomic mass is 10.1. The molecule has 1 aliphatic rings. The monoisotopic (exact) mass is 468 g/mol. The molecule has 4 heterocycles. The van der Waals surface area contributed by atoms with Crippen molar-refractivity contribution in [3.8, 4) is 6.07 Å². The van der Waals surface area contributed by atoms with Gasteiger partial charge in [-0.15, -0.1) is 10.2 Å². The lowest BCUT2D eigenvalue weighted by Gasteiger charge is -2.04. The van der Waals surface area contributed by atoms with Crippen LogP contribution in [-0.4, -0.2) is 35.1 Å². The zero-order valence-electron chi connectivity index (χ0n) is 18.3. The highest BCUT2D eigenvalue weighted by atomic mass is 32.2. The first-order valence-electron chi connectivity index (χ1n) is 10.6. The van der Waals surface area contributed by atoms with Gasteiger partial charge in [0, 0.05) is 17.7 Å². The minimum Gasteiger partial charge on any atom is -0.309 e. The van der Waals surface area contributed by atoms with Gasteiger partial charge in [-0.1, -0.05) is 18.7 Å². The Hall–Kier alpha value is -4.23. The minimum absolute atomic E-state index is 0.0126. The molecule has 1 aliphatic carbocycles. The number of rotatable bonds is 7. The summed E-state index contributed by atoms with van der Waals surface area (Å²) in [6, 6.07) is 9.59. The number of hydrogen-bond donors (Lipinski definition) is 1. The van der Waals surface area contributed by atoms with Crippen LogP contribution in [0, 0.1) is 17.2 Å². The van der Waals surface area contributed by atoms with Gasteiger partial charge in [0.05, 0.1) is 12.3 Å². The number of nitrogens with zero attached hydrogens (tertiary/aromatic N) is 7. The Balaban J connectivity index is 1.37. The van der Waals surface area contributed by atoms with E-state index in [1.807, 2.05) is 53.9 Å². The predicted molar refractivity (Wildman–Crippen MR) is 129 cm³/mol. The molecule has 4 aromatic rings. The summed E-state index contributed by atoms with van der Waals surface area (Å²) < 4.78 is 3.56. The minimum atomic E-state index is 0.0126. The quantitative estimate of drug-likeness (QED) is 0.318. The third kappa shape index (κ3) is 4.60. The molecule has 0 aliphatic heterocycles. The summed E-state index contributed by atoms with van der Waals surface area (Å²) in [5.41, 5.74) is 3.79. The van der Waals surface area contributed by atoms with E-state index in [4.69, 9.17) is 5.26 Å². The van der Waals surface area contributed by atoms with Crippen molar-refractivity contribution in [1.82, 2.24) is 29.2 Å². The Morgan fingerprint density at radius 3 is 2.85 bits per heavy atom. The molecule has 5 rings (SSSR count). The van der Waals surface area contributed by atoms with Crippen LogP contribution >= 0.6 is 11.8 Å². The topological polar surface area (TPSA) is 113 Å². The first-order chi connectivity index (χ1) is 16.5. The average Bonchev–Trinajstić information content (AvgIpc) is 3.51. The fourth-order valence-electron chi connectivity index (χ4n) is 3.26. The molecule has 0 bridgehead atoms. The number of carbonyl (C=O) groups excluding carboxylic acids is 1. The first kappa shape index (κ1) is 21.6. The van der Waals surface area contributed by atoms with Crippen molar-refractivity contribution in [1.29, 1.82) is 5.26 Å². The van der Waals surface area contributed by atoms with Crippen LogP contribution < -0.4 is 5.32 Å². The van der Waals surface area contributed by atoms with Gasteiger partial charge in [-0.05, 0) is 73.0 Å². The van der Waals surface area contributed by atoms with E-state index in [0.29, 0.717) is 22.2 Å². The maximum absolute atomic E-state index is 12.0. The van der Waals surface area contributed by atoms with E-state index in [1.54, 1.807) is 22.9 Å². The summed E-state index contributed by atoms with van der Waals surface area (Å²) >= 11 is 1.38. The van der Waals surface area contributed by atoms with Crippen LogP contribution in [0.2, 0.25) is 0 Å². The number of pyridine rings is 1. The number of nitrogens with one attached hydrogen (secondary N) is 1. The normalized spacial score (nSPS) is 14.1. The molecule has 1 fully saturated rings. The van der Waals surface area contributed by atoms with E-state index < -0.39 is 0 Å². The van der Waals surface area contributed by atoms with Gasteiger partial charge in [-0.2, -0.15) is 10.4 Å². The van der Waals surface area contributed by atoms with Gasteiger partial charge in [-0.3, -0.25) is 9.20 Å². The van der Waals surface area contributed by atoms with Gasteiger partial charge < -0.3 is 5.32 Å². The second-order valence-corrected chi connectivity index (χ2v) is 8.93. The second kappa shape index (κ2) is 8.96. The number of fused-ring (bicyclic) bond motifs is 2. The molecule has 0 spiro atoms. The van der Waals surface area contributed by atoms with Crippen LogP contribution in [0.5, 0.6) is 0 Å². The maximum Gasteiger partial charge on any atom is 0.228 e. The number of allylic oxidation sites excluding steroid dienone is 5. The Morgan fingerprint density at radius 2 is 2.06 bits per heavy atom. The first-order valence-corrected chi connectivity index (χ1v) is 11.5. The molecule has 0 unspecified atom stereocenters. The standard InChI is InChI=1S/C24H20N8OS/c1-15(12-25)4-3-5-16(2)18-8-9-21-28-29-24(31(21)13-18)34-22-11-10-20-26-19(14-32(20)30-22)27-23(33)17-6-7-17/h3-5,8-11,13-14,17H,1,6-7H2,2H3,(H,27,33)/b4-3-,16-5+. The maximum atomic E-state index is 12.0. The summed E-state index contributed by atoms with van der Waals surface area (Å²) in [5, 5.41) is 26.2. The summed E-state index contributed by atoms with van der Waals surface area (Å²) in [4.78, 5) is 16.4. The number of amides is 1. The van der Waals surface area contributed by atoms with E-state index in [-0.39, 0.29) is 11.8 Å². The summed E-state index contributed by atoms with van der Waals surface area (Å²) in [7, 11) is 0. The van der Waals surface area contributed by atoms with Gasteiger partial charge >= 0.3 is 0 Å². The van der Waals surface area contributed by atoms with Gasteiger partial charge in [0.2, 0.25) is 11.1 Å². The van der Waals surface area contributed by atoms with Crippen molar-refractivity contribution in [3.63, 3.8) is 0 Å². The third-order valence-corrected chi connectivity index (χ3v) is 6.19. The van der Waals surface area contributed by atoms with Gasteiger partial charge in [-0.25, -0.2) is 9.50 Å². The summed E-state index contributed by atoms with van der Waals surface area (Å²) in [6.45, 7) is 5.63. The lowest BCUT2D eigenvalue weighted by Crippen LogP contribution is -2.13. The van der Waals surface area contributed by atoms with E-state index in [9.17, 15) is 4.79 Å². The highest BCUT2D eigenvalue weighted by molar-refractivity contribution is 7.99. The molecule has 0 atom stereocenters. The fourth-order valence-corrected chi connectivity index (χ4v) is 4.04. The predicted octanol–water partition coefficient (Wildman–Crippen LogP) is 4.31. The number of nitriles is 1. The van der Waals surface area contributed by atoms with Crippen molar-refractivity contribution < 1.29 is 4.79 Å². The SMILES string of the molecule is C=C(C#N)/C=C\C=C(/C)c1ccc2nnc(Sc3ccc4nc(NC(=O)C5CC5)cn4n3)n2c1. The van der Waals surface area contributed by atoms with E-state index >= 15 is 0 Å². The Morgan fingerprint density at radius 1 is 1.24 bits per heavy atom. The van der Waals surface area contributed by atoms with Gasteiger partial charge in [0.15, 0.2) is 17.1 Å². The smallest absolute Gasteiger partial charge is 0.228 e. The number of anilines is 1. The highest BCUT2D eigenvalue weighted by Gasteiger charge is 2.30. The van der Waals surface area contributed by atoms with Crippen molar-refractivity contribution in [2.24, 2.45) is 5.92 Å². The van der Waals surface area contributed by atoms with Crippen LogP contribution in [0.15, 0.2) is 77.2 Å². The number of hydrogen-bond acceptors (Lipinski definition) is 7. The average molecular weight is 469 g/mol.